The van der Waals surface area contributed by atoms with E-state index in [4.69, 9.17) is 5.73 Å². The number of carbonyl (C=O) groups is 1. The van der Waals surface area contributed by atoms with Gasteiger partial charge in [0.15, 0.2) is 11.5 Å². The number of benzene rings is 1. The molecule has 1 heterocycles. The second-order valence-electron chi connectivity index (χ2n) is 4.82. The summed E-state index contributed by atoms with van der Waals surface area (Å²) in [6.45, 7) is 2.99. The van der Waals surface area contributed by atoms with Gasteiger partial charge in [0.2, 0.25) is 0 Å². The van der Waals surface area contributed by atoms with Crippen LogP contribution < -0.4 is 5.73 Å². The Bertz CT molecular complexity index is 689. The van der Waals surface area contributed by atoms with E-state index in [-0.39, 0.29) is 18.0 Å². The van der Waals surface area contributed by atoms with Crippen molar-refractivity contribution in [2.24, 2.45) is 0 Å². The van der Waals surface area contributed by atoms with Crippen LogP contribution in [0.1, 0.15) is 27.3 Å². The van der Waals surface area contributed by atoms with Crippen molar-refractivity contribution in [2.75, 3.05) is 5.73 Å². The van der Waals surface area contributed by atoms with E-state index in [0.29, 0.717) is 11.3 Å². The van der Waals surface area contributed by atoms with E-state index >= 15 is 0 Å². The highest BCUT2D eigenvalue weighted by atomic mass is 19.4. The molecule has 0 atom stereocenters. The molecule has 0 aliphatic rings. The quantitative estimate of drug-likeness (QED) is 0.700. The number of halogens is 3. The van der Waals surface area contributed by atoms with Crippen LogP contribution in [0.4, 0.5) is 18.9 Å². The van der Waals surface area contributed by atoms with E-state index in [2.05, 4.69) is 5.10 Å². The van der Waals surface area contributed by atoms with Gasteiger partial charge in [-0.25, -0.2) is 0 Å². The third-order valence-corrected chi connectivity index (χ3v) is 3.16. The summed E-state index contributed by atoms with van der Waals surface area (Å²) in [7, 11) is 0. The van der Waals surface area contributed by atoms with Crippen LogP contribution in [0.25, 0.3) is 0 Å². The van der Waals surface area contributed by atoms with Crippen molar-refractivity contribution in [3.05, 3.63) is 46.8 Å². The smallest absolute Gasteiger partial charge is 0.399 e. The number of ketones is 1. The highest BCUT2D eigenvalue weighted by molar-refractivity contribution is 5.96. The molecule has 0 radical (unpaired) electrons. The van der Waals surface area contributed by atoms with Crippen molar-refractivity contribution in [1.82, 2.24) is 9.78 Å². The molecule has 0 fully saturated rings. The van der Waals surface area contributed by atoms with E-state index in [1.807, 2.05) is 0 Å². The van der Waals surface area contributed by atoms with Gasteiger partial charge in [0, 0.05) is 16.9 Å². The number of alkyl halides is 3. The molecule has 2 aromatic rings. The molecule has 21 heavy (non-hydrogen) atoms. The van der Waals surface area contributed by atoms with Crippen molar-refractivity contribution in [1.29, 1.82) is 0 Å². The summed E-state index contributed by atoms with van der Waals surface area (Å²) in [5.41, 5.74) is 6.64. The van der Waals surface area contributed by atoms with Crippen molar-refractivity contribution >= 4 is 11.5 Å². The van der Waals surface area contributed by atoms with Gasteiger partial charge in [-0.1, -0.05) is 0 Å². The summed E-state index contributed by atoms with van der Waals surface area (Å²) < 4.78 is 38.7. The van der Waals surface area contributed by atoms with E-state index in [1.54, 1.807) is 25.1 Å². The molecule has 0 saturated heterocycles. The van der Waals surface area contributed by atoms with Gasteiger partial charge in [-0.05, 0) is 43.7 Å². The number of nitrogen functional groups attached to an aromatic ring is 1. The first-order chi connectivity index (χ1) is 9.68. The fraction of sp³-hybridized carbons (Fsp3) is 0.286. The van der Waals surface area contributed by atoms with Crippen LogP contribution in [0.15, 0.2) is 24.3 Å². The van der Waals surface area contributed by atoms with Gasteiger partial charge in [-0.15, -0.1) is 0 Å². The molecular weight excluding hydrogens is 283 g/mol. The molecule has 0 bridgehead atoms. The third kappa shape index (κ3) is 3.24. The van der Waals surface area contributed by atoms with Gasteiger partial charge in [-0.2, -0.15) is 18.3 Å². The summed E-state index contributed by atoms with van der Waals surface area (Å²) in [6, 6.07) is 5.68. The molecule has 0 aliphatic heterocycles. The fourth-order valence-corrected chi connectivity index (χ4v) is 1.89. The zero-order valence-electron chi connectivity index (χ0n) is 11.5. The van der Waals surface area contributed by atoms with Crippen LogP contribution in [-0.4, -0.2) is 15.6 Å². The average Bonchev–Trinajstić information content (AvgIpc) is 2.74. The van der Waals surface area contributed by atoms with Gasteiger partial charge < -0.3 is 5.73 Å². The first kappa shape index (κ1) is 15.1. The van der Waals surface area contributed by atoms with E-state index < -0.39 is 11.9 Å². The number of nitrogens with zero attached hydrogens (tertiary/aromatic N) is 2. The largest absolute Gasteiger partial charge is 0.435 e. The number of aryl methyl sites for hydroxylation is 2. The van der Waals surface area contributed by atoms with E-state index in [9.17, 15) is 18.0 Å². The molecule has 4 nitrogen and oxygen atoms in total. The lowest BCUT2D eigenvalue weighted by Gasteiger charge is -2.06. The van der Waals surface area contributed by atoms with Crippen LogP contribution in [0.5, 0.6) is 0 Å². The number of carbonyl (C=O) groups excluding carboxylic acids is 1. The number of nitrogens with two attached hydrogens (primary N) is 1. The van der Waals surface area contributed by atoms with Crippen molar-refractivity contribution in [3.63, 3.8) is 0 Å². The zero-order valence-corrected chi connectivity index (χ0v) is 11.5. The van der Waals surface area contributed by atoms with Crippen LogP contribution >= 0.6 is 0 Å². The first-order valence-corrected chi connectivity index (χ1v) is 6.19. The Morgan fingerprint density at radius 1 is 1.29 bits per heavy atom. The maximum absolute atomic E-state index is 12.6. The molecule has 112 valence electrons. The molecule has 7 heteroatoms. The number of hydrogen-bond acceptors (Lipinski definition) is 3. The monoisotopic (exact) mass is 297 g/mol. The van der Waals surface area contributed by atoms with Gasteiger partial charge in [-0.3, -0.25) is 9.48 Å². The molecule has 0 unspecified atom stereocenters. The number of anilines is 1. The highest BCUT2D eigenvalue weighted by Gasteiger charge is 2.34. The Kier molecular flexibility index (Phi) is 3.76. The second-order valence-corrected chi connectivity index (χ2v) is 4.82. The molecule has 2 rings (SSSR count). The van der Waals surface area contributed by atoms with Gasteiger partial charge >= 0.3 is 6.18 Å². The number of aromatic nitrogens is 2. The average molecular weight is 297 g/mol. The Morgan fingerprint density at radius 3 is 2.48 bits per heavy atom. The predicted octanol–water partition coefficient (Wildman–Crippen LogP) is 2.98. The fourth-order valence-electron chi connectivity index (χ4n) is 1.89. The third-order valence-electron chi connectivity index (χ3n) is 3.16. The summed E-state index contributed by atoms with van der Waals surface area (Å²) in [6.07, 6.45) is -4.52. The van der Waals surface area contributed by atoms with Crippen LogP contribution in [0.2, 0.25) is 0 Å². The Morgan fingerprint density at radius 2 is 1.95 bits per heavy atom. The predicted molar refractivity (Wildman–Crippen MR) is 71.9 cm³/mol. The van der Waals surface area contributed by atoms with Crippen LogP contribution in [0.3, 0.4) is 0 Å². The minimum atomic E-state index is -4.52. The summed E-state index contributed by atoms with van der Waals surface area (Å²) in [5.74, 6) is -0.321. The highest BCUT2D eigenvalue weighted by Crippen LogP contribution is 2.28. The minimum absolute atomic E-state index is 0.245. The molecule has 1 aromatic carbocycles. The molecule has 2 N–H and O–H groups in total. The van der Waals surface area contributed by atoms with Gasteiger partial charge in [0.1, 0.15) is 6.54 Å². The van der Waals surface area contributed by atoms with Crippen molar-refractivity contribution in [3.8, 4) is 0 Å². The lowest BCUT2D eigenvalue weighted by Crippen LogP contribution is -2.14. The van der Waals surface area contributed by atoms with Crippen molar-refractivity contribution in [2.45, 2.75) is 26.6 Å². The Labute approximate surface area is 119 Å². The second kappa shape index (κ2) is 5.23. The Balaban J connectivity index is 2.23. The number of hydrogen-bond donors (Lipinski definition) is 1. The minimum Gasteiger partial charge on any atom is -0.399 e. The topological polar surface area (TPSA) is 60.9 Å². The standard InChI is InChI=1S/C14H14F3N3O/c1-8-5-10(3-4-11(8)18)12(21)7-20-9(2)6-13(19-20)14(15,16)17/h3-6H,7,18H2,1-2H3. The molecule has 0 saturated carbocycles. The molecule has 1 aromatic heterocycles. The zero-order chi connectivity index (χ0) is 15.8. The summed E-state index contributed by atoms with van der Waals surface area (Å²) in [5, 5.41) is 3.43. The summed E-state index contributed by atoms with van der Waals surface area (Å²) in [4.78, 5) is 12.1. The number of rotatable bonds is 3. The van der Waals surface area contributed by atoms with Gasteiger partial charge in [0.25, 0.3) is 0 Å². The maximum Gasteiger partial charge on any atom is 0.435 e. The summed E-state index contributed by atoms with van der Waals surface area (Å²) >= 11 is 0. The molecule has 0 spiro atoms. The lowest BCUT2D eigenvalue weighted by atomic mass is 10.1. The first-order valence-electron chi connectivity index (χ1n) is 6.19. The SMILES string of the molecule is Cc1cc(C(=O)Cn2nc(C(F)(F)F)cc2C)ccc1N. The maximum atomic E-state index is 12.6. The van der Waals surface area contributed by atoms with Crippen molar-refractivity contribution < 1.29 is 18.0 Å². The number of Topliss-reactive ketones (excluding diaryl/α,β-unsaturated/α-hetero) is 1. The van der Waals surface area contributed by atoms with Crippen LogP contribution in [-0.2, 0) is 12.7 Å². The Hall–Kier alpha value is -2.31. The molecule has 0 aliphatic carbocycles. The lowest BCUT2D eigenvalue weighted by molar-refractivity contribution is -0.141. The van der Waals surface area contributed by atoms with E-state index in [1.165, 1.54) is 6.92 Å². The molecular formula is C14H14F3N3O. The van der Waals surface area contributed by atoms with E-state index in [0.717, 1.165) is 16.3 Å². The normalized spacial score (nSPS) is 11.7. The molecule has 0 amide bonds. The van der Waals surface area contributed by atoms with Gasteiger partial charge in [0.05, 0.1) is 0 Å². The van der Waals surface area contributed by atoms with Crippen LogP contribution in [0, 0.1) is 13.8 Å².